The minimum absolute atomic E-state index is 0.0179. The molecule has 0 spiro atoms. The second kappa shape index (κ2) is 12.8. The number of ether oxygens (including phenoxy) is 1. The Morgan fingerprint density at radius 3 is 2.49 bits per heavy atom. The van der Waals surface area contributed by atoms with Crippen LogP contribution in [0.25, 0.3) is 10.9 Å². The van der Waals surface area contributed by atoms with Crippen molar-refractivity contribution < 1.29 is 14.3 Å². The highest BCUT2D eigenvalue weighted by Gasteiger charge is 2.23. The Kier molecular flexibility index (Phi) is 9.83. The van der Waals surface area contributed by atoms with Crippen LogP contribution in [0, 0.1) is 0 Å². The summed E-state index contributed by atoms with van der Waals surface area (Å²) in [5, 5.41) is 2.04. The highest BCUT2D eigenvalue weighted by molar-refractivity contribution is 6.42. The number of urea groups is 1. The topological polar surface area (TPSA) is 68.9 Å². The van der Waals surface area contributed by atoms with Crippen LogP contribution < -0.4 is 0 Å². The predicted octanol–water partition coefficient (Wildman–Crippen LogP) is 5.07. The zero-order valence-corrected chi connectivity index (χ0v) is 21.9. The molecule has 3 aromatic rings. The number of halogens is 2. The first-order valence-electron chi connectivity index (χ1n) is 11.5. The molecule has 0 saturated heterocycles. The van der Waals surface area contributed by atoms with Gasteiger partial charge in [-0.05, 0) is 42.2 Å². The van der Waals surface area contributed by atoms with Crippen LogP contribution in [0.15, 0.2) is 48.7 Å². The van der Waals surface area contributed by atoms with Crippen LogP contribution in [0.5, 0.6) is 0 Å². The predicted molar refractivity (Wildman–Crippen MR) is 141 cm³/mol. The lowest BCUT2D eigenvalue weighted by Crippen LogP contribution is -2.47. The van der Waals surface area contributed by atoms with Gasteiger partial charge in [-0.25, -0.2) is 4.79 Å². The van der Waals surface area contributed by atoms with Gasteiger partial charge in [-0.1, -0.05) is 47.5 Å². The molecule has 0 bridgehead atoms. The number of nitrogens with zero attached hydrogens (tertiary/aromatic N) is 3. The summed E-state index contributed by atoms with van der Waals surface area (Å²) in [6.45, 7) is 1.78. The van der Waals surface area contributed by atoms with E-state index in [0.29, 0.717) is 49.1 Å². The molecule has 0 radical (unpaired) electrons. The zero-order chi connectivity index (χ0) is 25.4. The van der Waals surface area contributed by atoms with Crippen molar-refractivity contribution >= 4 is 46.0 Å². The molecular weight excluding hydrogens is 487 g/mol. The van der Waals surface area contributed by atoms with Gasteiger partial charge in [-0.2, -0.15) is 0 Å². The second-order valence-electron chi connectivity index (χ2n) is 8.62. The molecule has 3 rings (SSSR count). The number of carbonyl (C=O) groups excluding carboxylic acids is 2. The van der Waals surface area contributed by atoms with E-state index in [1.807, 2.05) is 30.5 Å². The van der Waals surface area contributed by atoms with Crippen LogP contribution >= 0.6 is 23.2 Å². The summed E-state index contributed by atoms with van der Waals surface area (Å²) < 4.78 is 5.13. The van der Waals surface area contributed by atoms with Crippen LogP contribution in [0.2, 0.25) is 10.0 Å². The molecule has 7 nitrogen and oxygen atoms in total. The van der Waals surface area contributed by atoms with Gasteiger partial charge < -0.3 is 24.4 Å². The van der Waals surface area contributed by atoms with Crippen molar-refractivity contribution in [1.29, 1.82) is 0 Å². The molecule has 1 heterocycles. The number of fused-ring (bicyclic) bond motifs is 1. The Bertz CT molecular complexity index is 1150. The smallest absolute Gasteiger partial charge is 0.319 e. The van der Waals surface area contributed by atoms with Crippen LogP contribution in [0.1, 0.15) is 17.5 Å². The van der Waals surface area contributed by atoms with Gasteiger partial charge in [0.05, 0.1) is 10.0 Å². The van der Waals surface area contributed by atoms with E-state index >= 15 is 0 Å². The number of rotatable bonds is 11. The molecule has 0 unspecified atom stereocenters. The molecule has 0 fully saturated rings. The van der Waals surface area contributed by atoms with E-state index in [1.54, 1.807) is 43.1 Å². The summed E-state index contributed by atoms with van der Waals surface area (Å²) >= 11 is 12.3. The zero-order valence-electron chi connectivity index (χ0n) is 20.4. The van der Waals surface area contributed by atoms with E-state index in [1.165, 1.54) is 4.90 Å². The summed E-state index contributed by atoms with van der Waals surface area (Å²) in [4.78, 5) is 34.3. The fourth-order valence-corrected chi connectivity index (χ4v) is 4.25. The first-order valence-corrected chi connectivity index (χ1v) is 12.3. The van der Waals surface area contributed by atoms with Crippen LogP contribution in [0.3, 0.4) is 0 Å². The average Bonchev–Trinajstić information content (AvgIpc) is 3.26. The number of amides is 3. The summed E-state index contributed by atoms with van der Waals surface area (Å²) in [5.74, 6) is -0.136. The summed E-state index contributed by atoms with van der Waals surface area (Å²) in [5.41, 5.74) is 3.07. The number of nitrogens with one attached hydrogen (secondary N) is 1. The van der Waals surface area contributed by atoms with Crippen molar-refractivity contribution in [2.24, 2.45) is 0 Å². The molecule has 1 aromatic heterocycles. The van der Waals surface area contributed by atoms with Gasteiger partial charge in [0.25, 0.3) is 0 Å². The van der Waals surface area contributed by atoms with Crippen molar-refractivity contribution in [3.05, 3.63) is 69.8 Å². The van der Waals surface area contributed by atoms with Crippen LogP contribution in [0.4, 0.5) is 4.79 Å². The van der Waals surface area contributed by atoms with Gasteiger partial charge in [-0.3, -0.25) is 4.79 Å². The molecule has 0 atom stereocenters. The quantitative estimate of drug-likeness (QED) is 0.360. The van der Waals surface area contributed by atoms with E-state index < -0.39 is 0 Å². The number of hydrogen-bond acceptors (Lipinski definition) is 3. The number of aromatic nitrogens is 1. The number of hydrogen-bond donors (Lipinski definition) is 1. The molecule has 35 heavy (non-hydrogen) atoms. The minimum Gasteiger partial charge on any atom is -0.385 e. The molecular formula is C26H32Cl2N4O3. The Hall–Kier alpha value is -2.74. The van der Waals surface area contributed by atoms with Crippen LogP contribution in [-0.4, -0.2) is 79.1 Å². The summed E-state index contributed by atoms with van der Waals surface area (Å²) in [6.07, 6.45) is 3.30. The van der Waals surface area contributed by atoms with E-state index in [9.17, 15) is 9.59 Å². The maximum atomic E-state index is 13.5. The Balaban J connectivity index is 1.79. The molecule has 0 aliphatic heterocycles. The van der Waals surface area contributed by atoms with Gasteiger partial charge in [-0.15, -0.1) is 0 Å². The molecule has 1 N–H and O–H groups in total. The van der Waals surface area contributed by atoms with Crippen molar-refractivity contribution in [1.82, 2.24) is 19.7 Å². The number of aromatic amines is 1. The lowest BCUT2D eigenvalue weighted by molar-refractivity contribution is -0.132. The van der Waals surface area contributed by atoms with E-state index in [2.05, 4.69) is 11.1 Å². The molecule has 2 aromatic carbocycles. The molecule has 3 amide bonds. The summed E-state index contributed by atoms with van der Waals surface area (Å²) in [7, 11) is 4.98. The lowest BCUT2D eigenvalue weighted by Gasteiger charge is -2.29. The van der Waals surface area contributed by atoms with Crippen LogP contribution in [-0.2, 0) is 22.5 Å². The molecule has 188 valence electrons. The largest absolute Gasteiger partial charge is 0.385 e. The van der Waals surface area contributed by atoms with Crippen molar-refractivity contribution in [3.8, 4) is 0 Å². The van der Waals surface area contributed by atoms with Gasteiger partial charge >= 0.3 is 6.03 Å². The fraction of sp³-hybridized carbons (Fsp3) is 0.385. The molecule has 0 saturated carbocycles. The highest BCUT2D eigenvalue weighted by atomic mass is 35.5. The average molecular weight is 519 g/mol. The van der Waals surface area contributed by atoms with E-state index in [-0.39, 0.29) is 18.5 Å². The highest BCUT2D eigenvalue weighted by Crippen LogP contribution is 2.24. The number of carbonyl (C=O) groups is 2. The molecule has 0 aliphatic carbocycles. The van der Waals surface area contributed by atoms with Gasteiger partial charge in [0.1, 0.15) is 6.54 Å². The minimum atomic E-state index is -0.208. The maximum absolute atomic E-state index is 13.5. The standard InChI is InChI=1S/C26H32Cl2N4O3/c1-30(2)26(34)32(12-6-14-35-3)18-25(33)31(17-19-9-10-22(27)23(28)15-19)13-11-20-16-29-24-8-5-4-7-21(20)24/h4-5,7-10,15-16,29H,6,11-14,17-18H2,1-3H3. The number of benzene rings is 2. The van der Waals surface area contributed by atoms with Crippen molar-refractivity contribution in [3.63, 3.8) is 0 Å². The van der Waals surface area contributed by atoms with Gasteiger partial charge in [0, 0.05) is 64.5 Å². The second-order valence-corrected chi connectivity index (χ2v) is 9.43. The van der Waals surface area contributed by atoms with Gasteiger partial charge in [0.15, 0.2) is 0 Å². The number of para-hydroxylation sites is 1. The van der Waals surface area contributed by atoms with E-state index in [4.69, 9.17) is 27.9 Å². The maximum Gasteiger partial charge on any atom is 0.319 e. The Labute approximate surface area is 216 Å². The Morgan fingerprint density at radius 1 is 1.00 bits per heavy atom. The van der Waals surface area contributed by atoms with E-state index in [0.717, 1.165) is 22.0 Å². The monoisotopic (exact) mass is 518 g/mol. The third-order valence-electron chi connectivity index (χ3n) is 5.79. The van der Waals surface area contributed by atoms with Gasteiger partial charge in [0.2, 0.25) is 5.91 Å². The molecule has 0 aliphatic rings. The third-order valence-corrected chi connectivity index (χ3v) is 6.53. The first-order chi connectivity index (χ1) is 16.8. The fourth-order valence-electron chi connectivity index (χ4n) is 3.93. The first kappa shape index (κ1) is 26.9. The lowest BCUT2D eigenvalue weighted by atomic mass is 10.1. The third kappa shape index (κ3) is 7.37. The molecule has 9 heteroatoms. The van der Waals surface area contributed by atoms with Crippen molar-refractivity contribution in [2.45, 2.75) is 19.4 Å². The Morgan fingerprint density at radius 2 is 1.77 bits per heavy atom. The summed E-state index contributed by atoms with van der Waals surface area (Å²) in [6, 6.07) is 13.3. The van der Waals surface area contributed by atoms with Crippen molar-refractivity contribution in [2.75, 3.05) is 47.4 Å². The SMILES string of the molecule is COCCCN(CC(=O)N(CCc1c[nH]c2ccccc12)Cc1ccc(Cl)c(Cl)c1)C(=O)N(C)C. The number of methoxy groups -OCH3 is 1. The normalized spacial score (nSPS) is 11.0. The number of H-pyrrole nitrogens is 1.